The summed E-state index contributed by atoms with van der Waals surface area (Å²) in [6, 6.07) is 5.37. The molecule has 2 heterocycles. The van der Waals surface area contributed by atoms with Gasteiger partial charge in [0, 0.05) is 14.8 Å². The molecule has 1 aliphatic carbocycles. The van der Waals surface area contributed by atoms with Gasteiger partial charge in [-0.05, 0) is 49.4 Å². The standard InChI is InChI=1S/C17H14Cl2N2OS2/c18-9-5-6-11(19)13(7-9)23-8-14-20-16(22)15-10-3-1-2-4-12(10)24-17(15)21-14/h5-7H,1-4,8H2,(H,20,21,22). The highest BCUT2D eigenvalue weighted by molar-refractivity contribution is 7.98. The fraction of sp³-hybridized carbons (Fsp3) is 0.294. The van der Waals surface area contributed by atoms with Crippen molar-refractivity contribution in [3.63, 3.8) is 0 Å². The molecular weight excluding hydrogens is 383 g/mol. The van der Waals surface area contributed by atoms with E-state index in [0.29, 0.717) is 21.6 Å². The summed E-state index contributed by atoms with van der Waals surface area (Å²) >= 11 is 15.4. The average Bonchev–Trinajstić information content (AvgIpc) is 2.94. The number of hydrogen-bond acceptors (Lipinski definition) is 4. The lowest BCUT2D eigenvalue weighted by molar-refractivity contribution is 0.700. The lowest BCUT2D eigenvalue weighted by atomic mass is 9.97. The Labute approximate surface area is 157 Å². The van der Waals surface area contributed by atoms with Crippen LogP contribution in [0.2, 0.25) is 10.0 Å². The first-order valence-electron chi connectivity index (χ1n) is 7.73. The van der Waals surface area contributed by atoms with Gasteiger partial charge in [-0.3, -0.25) is 4.79 Å². The number of thioether (sulfide) groups is 1. The van der Waals surface area contributed by atoms with Crippen molar-refractivity contribution in [3.8, 4) is 0 Å². The molecule has 0 spiro atoms. The maximum absolute atomic E-state index is 12.5. The highest BCUT2D eigenvalue weighted by atomic mass is 35.5. The Morgan fingerprint density at radius 3 is 2.96 bits per heavy atom. The molecule has 4 rings (SSSR count). The second-order valence-corrected chi connectivity index (χ2v) is 8.71. The number of aromatic amines is 1. The monoisotopic (exact) mass is 396 g/mol. The van der Waals surface area contributed by atoms with Crippen molar-refractivity contribution >= 4 is 56.5 Å². The minimum Gasteiger partial charge on any atom is -0.309 e. The van der Waals surface area contributed by atoms with E-state index in [2.05, 4.69) is 9.97 Å². The minimum atomic E-state index is -0.0211. The van der Waals surface area contributed by atoms with E-state index in [0.717, 1.165) is 34.4 Å². The van der Waals surface area contributed by atoms with E-state index in [1.165, 1.54) is 28.6 Å². The van der Waals surface area contributed by atoms with Crippen LogP contribution in [-0.2, 0) is 18.6 Å². The highest BCUT2D eigenvalue weighted by Gasteiger charge is 2.19. The number of nitrogens with zero attached hydrogens (tertiary/aromatic N) is 1. The molecule has 0 aliphatic heterocycles. The van der Waals surface area contributed by atoms with Crippen molar-refractivity contribution in [3.05, 3.63) is 54.9 Å². The van der Waals surface area contributed by atoms with Gasteiger partial charge < -0.3 is 4.98 Å². The Bertz CT molecular complexity index is 981. The van der Waals surface area contributed by atoms with Gasteiger partial charge in [0.05, 0.1) is 16.2 Å². The molecule has 0 saturated carbocycles. The van der Waals surface area contributed by atoms with E-state index < -0.39 is 0 Å². The summed E-state index contributed by atoms with van der Waals surface area (Å²) in [5.74, 6) is 1.22. The minimum absolute atomic E-state index is 0.0211. The van der Waals surface area contributed by atoms with Gasteiger partial charge in [0.2, 0.25) is 0 Å². The number of hydrogen-bond donors (Lipinski definition) is 1. The van der Waals surface area contributed by atoms with Gasteiger partial charge in [0.25, 0.3) is 5.56 Å². The predicted molar refractivity (Wildman–Crippen MR) is 103 cm³/mol. The van der Waals surface area contributed by atoms with E-state index in [1.54, 1.807) is 23.5 Å². The average molecular weight is 397 g/mol. The third-order valence-electron chi connectivity index (χ3n) is 4.13. The smallest absolute Gasteiger partial charge is 0.259 e. The molecule has 0 atom stereocenters. The lowest BCUT2D eigenvalue weighted by Gasteiger charge is -2.09. The molecule has 1 N–H and O–H groups in total. The summed E-state index contributed by atoms with van der Waals surface area (Å²) in [6.45, 7) is 0. The number of benzene rings is 1. The summed E-state index contributed by atoms with van der Waals surface area (Å²) in [7, 11) is 0. The third kappa shape index (κ3) is 3.10. The number of aromatic nitrogens is 2. The van der Waals surface area contributed by atoms with Crippen molar-refractivity contribution in [1.82, 2.24) is 9.97 Å². The molecular formula is C17H14Cl2N2OS2. The summed E-state index contributed by atoms with van der Waals surface area (Å²) in [4.78, 5) is 23.2. The zero-order valence-corrected chi connectivity index (χ0v) is 15.8. The fourth-order valence-electron chi connectivity index (χ4n) is 3.01. The van der Waals surface area contributed by atoms with Crippen LogP contribution in [0.3, 0.4) is 0 Å². The van der Waals surface area contributed by atoms with E-state index in [4.69, 9.17) is 23.2 Å². The number of fused-ring (bicyclic) bond motifs is 3. The molecule has 2 aromatic heterocycles. The van der Waals surface area contributed by atoms with Gasteiger partial charge >= 0.3 is 0 Å². The quantitative estimate of drug-likeness (QED) is 0.597. The molecule has 7 heteroatoms. The predicted octanol–water partition coefficient (Wildman–Crippen LogP) is 5.46. The zero-order chi connectivity index (χ0) is 16.7. The normalized spacial score (nSPS) is 14.1. The number of aryl methyl sites for hydroxylation is 2. The Kier molecular flexibility index (Phi) is 4.60. The molecule has 0 fully saturated rings. The highest BCUT2D eigenvalue weighted by Crippen LogP contribution is 2.35. The molecule has 24 heavy (non-hydrogen) atoms. The van der Waals surface area contributed by atoms with E-state index in [1.807, 2.05) is 6.07 Å². The number of halogens is 2. The van der Waals surface area contributed by atoms with Crippen LogP contribution in [0.5, 0.6) is 0 Å². The van der Waals surface area contributed by atoms with Gasteiger partial charge in [0.1, 0.15) is 10.7 Å². The Balaban J connectivity index is 1.65. The Morgan fingerprint density at radius 1 is 1.25 bits per heavy atom. The largest absolute Gasteiger partial charge is 0.309 e. The second-order valence-electron chi connectivity index (χ2n) is 5.77. The number of thiophene rings is 1. The first kappa shape index (κ1) is 16.5. The Morgan fingerprint density at radius 2 is 2.08 bits per heavy atom. The Hall–Kier alpha value is -1.01. The van der Waals surface area contributed by atoms with Crippen LogP contribution in [0.25, 0.3) is 10.2 Å². The van der Waals surface area contributed by atoms with E-state index >= 15 is 0 Å². The second kappa shape index (κ2) is 6.71. The van der Waals surface area contributed by atoms with Crippen LogP contribution in [0.1, 0.15) is 29.1 Å². The van der Waals surface area contributed by atoms with Gasteiger partial charge in [-0.1, -0.05) is 23.2 Å². The molecule has 0 bridgehead atoms. The molecule has 0 saturated heterocycles. The van der Waals surface area contributed by atoms with E-state index in [-0.39, 0.29) is 5.56 Å². The van der Waals surface area contributed by atoms with Crippen molar-refractivity contribution in [1.29, 1.82) is 0 Å². The van der Waals surface area contributed by atoms with Crippen LogP contribution >= 0.6 is 46.3 Å². The molecule has 0 amide bonds. The lowest BCUT2D eigenvalue weighted by Crippen LogP contribution is -2.12. The van der Waals surface area contributed by atoms with Crippen LogP contribution < -0.4 is 5.56 Å². The van der Waals surface area contributed by atoms with Gasteiger partial charge in [-0.2, -0.15) is 0 Å². The van der Waals surface area contributed by atoms with Crippen LogP contribution in [0.4, 0.5) is 0 Å². The molecule has 124 valence electrons. The van der Waals surface area contributed by atoms with E-state index in [9.17, 15) is 4.79 Å². The topological polar surface area (TPSA) is 45.8 Å². The number of nitrogens with one attached hydrogen (secondary N) is 1. The molecule has 3 nitrogen and oxygen atoms in total. The molecule has 3 aromatic rings. The maximum Gasteiger partial charge on any atom is 0.259 e. The van der Waals surface area contributed by atoms with Crippen LogP contribution in [-0.4, -0.2) is 9.97 Å². The van der Waals surface area contributed by atoms with Crippen molar-refractivity contribution in [2.45, 2.75) is 36.3 Å². The third-order valence-corrected chi connectivity index (χ3v) is 7.06. The van der Waals surface area contributed by atoms with Crippen molar-refractivity contribution in [2.75, 3.05) is 0 Å². The first-order valence-corrected chi connectivity index (χ1v) is 10.3. The van der Waals surface area contributed by atoms with Gasteiger partial charge in [-0.15, -0.1) is 23.1 Å². The zero-order valence-electron chi connectivity index (χ0n) is 12.7. The van der Waals surface area contributed by atoms with Crippen molar-refractivity contribution in [2.24, 2.45) is 0 Å². The number of H-pyrrole nitrogens is 1. The molecule has 0 unspecified atom stereocenters. The summed E-state index contributed by atoms with van der Waals surface area (Å²) in [5, 5.41) is 2.09. The van der Waals surface area contributed by atoms with Gasteiger partial charge in [0.15, 0.2) is 0 Å². The fourth-order valence-corrected chi connectivity index (χ4v) is 5.65. The molecule has 1 aliphatic rings. The molecule has 1 aromatic carbocycles. The maximum atomic E-state index is 12.5. The number of rotatable bonds is 3. The van der Waals surface area contributed by atoms with Gasteiger partial charge in [-0.25, -0.2) is 4.98 Å². The molecule has 0 radical (unpaired) electrons. The summed E-state index contributed by atoms with van der Waals surface area (Å²) in [5.41, 5.74) is 1.19. The van der Waals surface area contributed by atoms with Crippen LogP contribution in [0.15, 0.2) is 27.9 Å². The van der Waals surface area contributed by atoms with Crippen molar-refractivity contribution < 1.29 is 0 Å². The first-order chi connectivity index (χ1) is 11.6. The summed E-state index contributed by atoms with van der Waals surface area (Å²) in [6.07, 6.45) is 4.42. The van der Waals surface area contributed by atoms with Crippen LogP contribution in [0, 0.1) is 0 Å². The summed E-state index contributed by atoms with van der Waals surface area (Å²) < 4.78 is 0. The SMILES string of the molecule is O=c1[nH]c(CSc2cc(Cl)ccc2Cl)nc2sc3c(c12)CCCC3.